The van der Waals surface area contributed by atoms with Gasteiger partial charge in [-0.1, -0.05) is 42.8 Å². The molecule has 0 aliphatic heterocycles. The van der Waals surface area contributed by atoms with Crippen LogP contribution in [-0.4, -0.2) is 31.9 Å². The van der Waals surface area contributed by atoms with Crippen LogP contribution < -0.4 is 10.1 Å². The zero-order valence-corrected chi connectivity index (χ0v) is 13.1. The second-order valence-corrected chi connectivity index (χ2v) is 5.75. The van der Waals surface area contributed by atoms with E-state index in [1.54, 1.807) is 7.11 Å². The summed E-state index contributed by atoms with van der Waals surface area (Å²) in [4.78, 5) is 0. The number of likely N-dealkylation sites (N-methyl/N-ethyl adjacent to an activating group) is 1. The molecule has 2 aromatic rings. The van der Waals surface area contributed by atoms with Gasteiger partial charge in [0.05, 0.1) is 0 Å². The summed E-state index contributed by atoms with van der Waals surface area (Å²) in [7, 11) is 1.74. The topological polar surface area (TPSA) is 30.5 Å². The molecule has 3 atom stereocenters. The lowest BCUT2D eigenvalue weighted by Crippen LogP contribution is -2.60. The van der Waals surface area contributed by atoms with Crippen LogP contribution in [0.25, 0.3) is 10.8 Å². The van der Waals surface area contributed by atoms with Gasteiger partial charge in [0.25, 0.3) is 0 Å². The summed E-state index contributed by atoms with van der Waals surface area (Å²) in [5.41, 5.74) is 0. The average Bonchev–Trinajstić information content (AvgIpc) is 2.49. The Morgan fingerprint density at radius 1 is 1.19 bits per heavy atom. The number of rotatable bonds is 5. The molecule has 1 fully saturated rings. The van der Waals surface area contributed by atoms with Gasteiger partial charge in [-0.3, -0.25) is 0 Å². The summed E-state index contributed by atoms with van der Waals surface area (Å²) in [5, 5.41) is 6.24. The smallest absolute Gasteiger partial charge is 0.128 e. The quantitative estimate of drug-likeness (QED) is 0.915. The Morgan fingerprint density at radius 3 is 2.67 bits per heavy atom. The maximum atomic E-state index is 6.24. The van der Waals surface area contributed by atoms with Gasteiger partial charge < -0.3 is 14.8 Å². The van der Waals surface area contributed by atoms with E-state index < -0.39 is 0 Å². The van der Waals surface area contributed by atoms with Crippen molar-refractivity contribution in [1.82, 2.24) is 5.32 Å². The van der Waals surface area contributed by atoms with Gasteiger partial charge in [0.2, 0.25) is 0 Å². The molecule has 0 amide bonds. The summed E-state index contributed by atoms with van der Waals surface area (Å²) < 4.78 is 11.7. The Labute approximate surface area is 130 Å². The third-order valence-corrected chi connectivity index (χ3v) is 4.43. The van der Waals surface area contributed by atoms with Crippen LogP contribution in [-0.2, 0) is 4.74 Å². The lowest BCUT2D eigenvalue weighted by molar-refractivity contribution is -0.0878. The van der Waals surface area contributed by atoms with E-state index in [2.05, 4.69) is 12.2 Å². The van der Waals surface area contributed by atoms with Crippen LogP contribution in [0.5, 0.6) is 5.75 Å². The Bertz CT molecular complexity index is 631. The van der Waals surface area contributed by atoms with Gasteiger partial charge >= 0.3 is 0 Å². The van der Waals surface area contributed by atoms with Gasteiger partial charge in [-0.2, -0.15) is 0 Å². The van der Waals surface area contributed by atoms with Gasteiger partial charge in [-0.15, -0.1) is 0 Å². The van der Waals surface area contributed by atoms with E-state index in [0.717, 1.165) is 34.5 Å². The number of hydrogen-bond acceptors (Lipinski definition) is 3. The van der Waals surface area contributed by atoms with Crippen LogP contribution in [0.2, 0.25) is 5.02 Å². The monoisotopic (exact) mass is 305 g/mol. The molecule has 3 rings (SSSR count). The highest BCUT2D eigenvalue weighted by atomic mass is 35.5. The molecule has 1 aliphatic rings. The zero-order chi connectivity index (χ0) is 14.8. The molecule has 0 saturated heterocycles. The minimum absolute atomic E-state index is 0.0867. The molecule has 0 heterocycles. The number of ether oxygens (including phenoxy) is 2. The molecule has 3 unspecified atom stereocenters. The van der Waals surface area contributed by atoms with Crippen LogP contribution in [0.3, 0.4) is 0 Å². The maximum absolute atomic E-state index is 6.24. The van der Waals surface area contributed by atoms with E-state index in [-0.39, 0.29) is 12.2 Å². The van der Waals surface area contributed by atoms with Gasteiger partial charge in [0.15, 0.2) is 0 Å². The fourth-order valence-electron chi connectivity index (χ4n) is 2.98. The number of fused-ring (bicyclic) bond motifs is 1. The van der Waals surface area contributed by atoms with Crippen molar-refractivity contribution >= 4 is 22.4 Å². The Hall–Kier alpha value is -1.29. The van der Waals surface area contributed by atoms with Crippen molar-refractivity contribution < 1.29 is 9.47 Å². The number of benzene rings is 2. The van der Waals surface area contributed by atoms with E-state index in [1.807, 2.05) is 36.4 Å². The predicted octanol–water partition coefficient (Wildman–Crippen LogP) is 3.64. The molecular formula is C17H20ClNO2. The number of halogens is 1. The average molecular weight is 306 g/mol. The molecule has 4 heteroatoms. The van der Waals surface area contributed by atoms with Gasteiger partial charge in [-0.25, -0.2) is 0 Å². The van der Waals surface area contributed by atoms with Crippen molar-refractivity contribution in [2.75, 3.05) is 13.7 Å². The van der Waals surface area contributed by atoms with Crippen molar-refractivity contribution in [3.8, 4) is 5.75 Å². The van der Waals surface area contributed by atoms with Gasteiger partial charge in [0, 0.05) is 35.4 Å². The third kappa shape index (κ3) is 2.73. The van der Waals surface area contributed by atoms with Crippen LogP contribution in [0.1, 0.15) is 13.3 Å². The maximum Gasteiger partial charge on any atom is 0.128 e. The van der Waals surface area contributed by atoms with Crippen molar-refractivity contribution in [2.24, 2.45) is 0 Å². The Balaban J connectivity index is 1.82. The fourth-order valence-corrected chi connectivity index (χ4v) is 3.20. The summed E-state index contributed by atoms with van der Waals surface area (Å²) in [6, 6.07) is 12.3. The molecule has 21 heavy (non-hydrogen) atoms. The Morgan fingerprint density at radius 2 is 1.95 bits per heavy atom. The van der Waals surface area contributed by atoms with E-state index in [1.165, 1.54) is 0 Å². The van der Waals surface area contributed by atoms with Gasteiger partial charge in [-0.05, 0) is 18.7 Å². The SMILES string of the molecule is CCNC1CC(Oc2ccc(Cl)c3ccccc23)C1OC. The molecule has 3 nitrogen and oxygen atoms in total. The molecule has 1 N–H and O–H groups in total. The van der Waals surface area contributed by atoms with Crippen LogP contribution >= 0.6 is 11.6 Å². The Kier molecular flexibility index (Phi) is 4.34. The van der Waals surface area contributed by atoms with Crippen LogP contribution in [0.4, 0.5) is 0 Å². The molecule has 2 aromatic carbocycles. The first-order valence-electron chi connectivity index (χ1n) is 7.34. The highest BCUT2D eigenvalue weighted by Crippen LogP contribution is 2.35. The van der Waals surface area contributed by atoms with E-state index >= 15 is 0 Å². The molecular weight excluding hydrogens is 286 g/mol. The second-order valence-electron chi connectivity index (χ2n) is 5.35. The van der Waals surface area contributed by atoms with E-state index in [4.69, 9.17) is 21.1 Å². The predicted molar refractivity (Wildman–Crippen MR) is 86.3 cm³/mol. The minimum Gasteiger partial charge on any atom is -0.487 e. The normalized spacial score (nSPS) is 24.8. The first-order valence-corrected chi connectivity index (χ1v) is 7.72. The standard InChI is InChI=1S/C17H20ClNO2/c1-3-19-14-10-16(17(14)20-2)21-15-9-8-13(18)11-6-4-5-7-12(11)15/h4-9,14,16-17,19H,3,10H2,1-2H3. The third-order valence-electron chi connectivity index (χ3n) is 4.10. The van der Waals surface area contributed by atoms with Crippen molar-refractivity contribution in [1.29, 1.82) is 0 Å². The first-order chi connectivity index (χ1) is 10.2. The molecule has 112 valence electrons. The number of methoxy groups -OCH3 is 1. The lowest BCUT2D eigenvalue weighted by atomic mass is 9.85. The summed E-state index contributed by atoms with van der Waals surface area (Å²) in [6.45, 7) is 3.05. The highest BCUT2D eigenvalue weighted by Gasteiger charge is 2.42. The molecule has 0 radical (unpaired) electrons. The van der Waals surface area contributed by atoms with Crippen LogP contribution in [0.15, 0.2) is 36.4 Å². The number of nitrogens with one attached hydrogen (secondary N) is 1. The first kappa shape index (κ1) is 14.6. The summed E-state index contributed by atoms with van der Waals surface area (Å²) >= 11 is 6.24. The molecule has 0 spiro atoms. The summed E-state index contributed by atoms with van der Waals surface area (Å²) in [5.74, 6) is 0.872. The minimum atomic E-state index is 0.0867. The second kappa shape index (κ2) is 6.22. The van der Waals surface area contributed by atoms with Crippen LogP contribution in [0, 0.1) is 0 Å². The van der Waals surface area contributed by atoms with Crippen molar-refractivity contribution in [3.63, 3.8) is 0 Å². The number of hydrogen-bond donors (Lipinski definition) is 1. The van der Waals surface area contributed by atoms with E-state index in [9.17, 15) is 0 Å². The van der Waals surface area contributed by atoms with Gasteiger partial charge in [0.1, 0.15) is 18.0 Å². The summed E-state index contributed by atoms with van der Waals surface area (Å²) in [6.07, 6.45) is 1.14. The zero-order valence-electron chi connectivity index (χ0n) is 12.3. The fraction of sp³-hybridized carbons (Fsp3) is 0.412. The lowest BCUT2D eigenvalue weighted by Gasteiger charge is -2.43. The largest absolute Gasteiger partial charge is 0.487 e. The van der Waals surface area contributed by atoms with Crippen molar-refractivity contribution in [3.05, 3.63) is 41.4 Å². The van der Waals surface area contributed by atoms with E-state index in [0.29, 0.717) is 6.04 Å². The molecule has 0 aromatic heterocycles. The molecule has 1 aliphatic carbocycles. The molecule has 1 saturated carbocycles. The highest BCUT2D eigenvalue weighted by molar-refractivity contribution is 6.35. The van der Waals surface area contributed by atoms with Crippen molar-refractivity contribution in [2.45, 2.75) is 31.6 Å². The molecule has 0 bridgehead atoms.